The maximum atomic E-state index is 13.6. The van der Waals surface area contributed by atoms with Gasteiger partial charge in [-0.15, -0.1) is 0 Å². The summed E-state index contributed by atoms with van der Waals surface area (Å²) >= 11 is 0. The minimum Gasteiger partial charge on any atom is -0.493 e. The summed E-state index contributed by atoms with van der Waals surface area (Å²) in [7, 11) is 0. The van der Waals surface area contributed by atoms with E-state index in [1.54, 1.807) is 6.07 Å². The Bertz CT molecular complexity index is 778. The number of rotatable bonds is 8. The molecule has 0 bridgehead atoms. The highest BCUT2D eigenvalue weighted by molar-refractivity contribution is 5.94. The van der Waals surface area contributed by atoms with E-state index in [4.69, 9.17) is 4.74 Å². The third kappa shape index (κ3) is 5.85. The van der Waals surface area contributed by atoms with Crippen LogP contribution in [0.15, 0.2) is 41.4 Å². The quantitative estimate of drug-likeness (QED) is 0.475. The highest BCUT2D eigenvalue weighted by Crippen LogP contribution is 2.38. The SMILES string of the molecule is CCC/C=C\CCOc1ccc(C2=CCNC(C3CCCN3)=N2)cc1C(F)(F)F. The smallest absolute Gasteiger partial charge is 0.419 e. The fraction of sp³-hybridized carbons (Fsp3) is 0.500. The fourth-order valence-electron chi connectivity index (χ4n) is 3.44. The van der Waals surface area contributed by atoms with E-state index in [0.717, 1.165) is 44.1 Å². The van der Waals surface area contributed by atoms with Crippen LogP contribution < -0.4 is 15.4 Å². The molecule has 158 valence electrons. The number of hydrogen-bond acceptors (Lipinski definition) is 4. The molecule has 1 aromatic carbocycles. The highest BCUT2D eigenvalue weighted by Gasteiger charge is 2.35. The summed E-state index contributed by atoms with van der Waals surface area (Å²) in [6.07, 6.45) is 5.93. The monoisotopic (exact) mass is 407 g/mol. The second-order valence-electron chi connectivity index (χ2n) is 7.22. The third-order valence-electron chi connectivity index (χ3n) is 4.95. The molecule has 0 amide bonds. The van der Waals surface area contributed by atoms with Crippen molar-refractivity contribution in [3.63, 3.8) is 0 Å². The summed E-state index contributed by atoms with van der Waals surface area (Å²) in [6.45, 7) is 3.77. The fourth-order valence-corrected chi connectivity index (χ4v) is 3.44. The van der Waals surface area contributed by atoms with Crippen LogP contribution in [-0.4, -0.2) is 31.6 Å². The Kier molecular flexibility index (Phi) is 7.36. The van der Waals surface area contributed by atoms with Gasteiger partial charge in [0.1, 0.15) is 11.6 Å². The Labute approximate surface area is 169 Å². The molecule has 1 unspecified atom stereocenters. The van der Waals surface area contributed by atoms with Crippen LogP contribution >= 0.6 is 0 Å². The number of halogens is 3. The van der Waals surface area contributed by atoms with Crippen LogP contribution in [0.3, 0.4) is 0 Å². The Balaban J connectivity index is 1.76. The Morgan fingerprint density at radius 1 is 1.24 bits per heavy atom. The van der Waals surface area contributed by atoms with Crippen molar-refractivity contribution in [3.05, 3.63) is 47.6 Å². The van der Waals surface area contributed by atoms with Gasteiger partial charge in [0.2, 0.25) is 0 Å². The third-order valence-corrected chi connectivity index (χ3v) is 4.95. The molecule has 2 aliphatic rings. The first-order valence-electron chi connectivity index (χ1n) is 10.2. The van der Waals surface area contributed by atoms with Crippen LogP contribution in [0.25, 0.3) is 5.70 Å². The second-order valence-corrected chi connectivity index (χ2v) is 7.22. The van der Waals surface area contributed by atoms with E-state index in [2.05, 4.69) is 22.5 Å². The maximum Gasteiger partial charge on any atom is 0.419 e. The summed E-state index contributed by atoms with van der Waals surface area (Å²) < 4.78 is 46.3. The van der Waals surface area contributed by atoms with Gasteiger partial charge in [0, 0.05) is 12.1 Å². The standard InChI is InChI=1S/C22H28F3N3O/c1-2-3-4-5-6-14-29-20-10-9-16(15-17(20)22(23,24)25)18-11-13-27-21(28-18)19-8-7-12-26-19/h4-5,9-11,15,19,26H,2-3,6-8,12-14H2,1H3,(H,27,28)/b5-4-. The molecule has 1 saturated heterocycles. The van der Waals surface area contributed by atoms with Gasteiger partial charge in [-0.3, -0.25) is 0 Å². The van der Waals surface area contributed by atoms with E-state index in [-0.39, 0.29) is 18.4 Å². The number of hydrogen-bond donors (Lipinski definition) is 2. The van der Waals surface area contributed by atoms with Gasteiger partial charge < -0.3 is 15.4 Å². The first kappa shape index (κ1) is 21.4. The molecule has 2 aliphatic heterocycles. The zero-order chi connectivity index (χ0) is 20.7. The molecule has 29 heavy (non-hydrogen) atoms. The van der Waals surface area contributed by atoms with Gasteiger partial charge in [0.05, 0.1) is 23.9 Å². The topological polar surface area (TPSA) is 45.6 Å². The first-order valence-corrected chi connectivity index (χ1v) is 10.2. The van der Waals surface area contributed by atoms with Crippen LogP contribution in [0.4, 0.5) is 13.2 Å². The Morgan fingerprint density at radius 3 is 2.79 bits per heavy atom. The van der Waals surface area contributed by atoms with E-state index >= 15 is 0 Å². The van der Waals surface area contributed by atoms with E-state index in [1.807, 2.05) is 18.2 Å². The van der Waals surface area contributed by atoms with Gasteiger partial charge in [-0.2, -0.15) is 13.2 Å². The molecule has 1 atom stereocenters. The van der Waals surface area contributed by atoms with E-state index in [1.165, 1.54) is 6.07 Å². The Morgan fingerprint density at radius 2 is 2.07 bits per heavy atom. The van der Waals surface area contributed by atoms with E-state index in [9.17, 15) is 13.2 Å². The lowest BCUT2D eigenvalue weighted by Crippen LogP contribution is -2.42. The van der Waals surface area contributed by atoms with Crippen LogP contribution in [0.1, 0.15) is 50.2 Å². The average Bonchev–Trinajstić information content (AvgIpc) is 3.25. The number of ether oxygens (including phenoxy) is 1. The number of nitrogens with zero attached hydrogens (tertiary/aromatic N) is 1. The average molecular weight is 407 g/mol. The number of aliphatic imine (C=N–C) groups is 1. The number of amidine groups is 1. The van der Waals surface area contributed by atoms with Gasteiger partial charge in [-0.1, -0.05) is 25.5 Å². The normalized spacial score (nSPS) is 19.8. The predicted molar refractivity (Wildman–Crippen MR) is 110 cm³/mol. The summed E-state index contributed by atoms with van der Waals surface area (Å²) in [4.78, 5) is 4.58. The van der Waals surface area contributed by atoms with Crippen molar-refractivity contribution in [2.45, 2.75) is 51.2 Å². The van der Waals surface area contributed by atoms with Crippen molar-refractivity contribution in [3.8, 4) is 5.75 Å². The van der Waals surface area contributed by atoms with Crippen LogP contribution in [0, 0.1) is 0 Å². The molecule has 2 N–H and O–H groups in total. The molecule has 0 saturated carbocycles. The zero-order valence-corrected chi connectivity index (χ0v) is 16.7. The molecule has 1 aromatic rings. The van der Waals surface area contributed by atoms with Gasteiger partial charge in [0.15, 0.2) is 0 Å². The van der Waals surface area contributed by atoms with Crippen molar-refractivity contribution in [2.24, 2.45) is 4.99 Å². The lowest BCUT2D eigenvalue weighted by Gasteiger charge is -2.21. The molecule has 1 fully saturated rings. The van der Waals surface area contributed by atoms with Crippen LogP contribution in [0.2, 0.25) is 0 Å². The molecule has 3 rings (SSSR count). The molecule has 0 aliphatic carbocycles. The van der Waals surface area contributed by atoms with Gasteiger partial charge in [-0.25, -0.2) is 4.99 Å². The molecule has 0 spiro atoms. The molecule has 2 heterocycles. The zero-order valence-electron chi connectivity index (χ0n) is 16.7. The number of allylic oxidation sites excluding steroid dienone is 1. The minimum absolute atomic E-state index is 0.138. The first-order chi connectivity index (χ1) is 14.0. The van der Waals surface area contributed by atoms with E-state index < -0.39 is 11.7 Å². The molecule has 7 heteroatoms. The second kappa shape index (κ2) is 9.96. The van der Waals surface area contributed by atoms with Gasteiger partial charge in [-0.05, 0) is 56.5 Å². The van der Waals surface area contributed by atoms with Crippen molar-refractivity contribution in [1.29, 1.82) is 0 Å². The Hall–Kier alpha value is -2.28. The summed E-state index contributed by atoms with van der Waals surface area (Å²) in [5.74, 6) is 0.661. The molecular weight excluding hydrogens is 379 g/mol. The molecule has 4 nitrogen and oxygen atoms in total. The van der Waals surface area contributed by atoms with Crippen molar-refractivity contribution >= 4 is 11.5 Å². The minimum atomic E-state index is -4.49. The molecule has 0 radical (unpaired) electrons. The summed E-state index contributed by atoms with van der Waals surface area (Å²) in [5.41, 5.74) is 0.249. The van der Waals surface area contributed by atoms with Crippen LogP contribution in [-0.2, 0) is 6.18 Å². The number of alkyl halides is 3. The summed E-state index contributed by atoms with van der Waals surface area (Å²) in [6, 6.07) is 4.34. The largest absolute Gasteiger partial charge is 0.493 e. The van der Waals surface area contributed by atoms with Crippen LogP contribution in [0.5, 0.6) is 5.75 Å². The lowest BCUT2D eigenvalue weighted by atomic mass is 10.0. The lowest BCUT2D eigenvalue weighted by molar-refractivity contribution is -0.138. The molecular formula is C22H28F3N3O. The number of unbranched alkanes of at least 4 members (excludes halogenated alkanes) is 1. The predicted octanol–water partition coefficient (Wildman–Crippen LogP) is 4.93. The van der Waals surface area contributed by atoms with Crippen molar-refractivity contribution in [2.75, 3.05) is 19.7 Å². The van der Waals surface area contributed by atoms with Gasteiger partial charge >= 0.3 is 6.18 Å². The van der Waals surface area contributed by atoms with E-state index in [0.29, 0.717) is 24.2 Å². The number of nitrogens with one attached hydrogen (secondary N) is 2. The summed E-state index contributed by atoms with van der Waals surface area (Å²) in [5, 5.41) is 6.58. The van der Waals surface area contributed by atoms with Gasteiger partial charge in [0.25, 0.3) is 0 Å². The maximum absolute atomic E-state index is 13.6. The molecule has 0 aromatic heterocycles. The van der Waals surface area contributed by atoms with Crippen molar-refractivity contribution < 1.29 is 17.9 Å². The van der Waals surface area contributed by atoms with Crippen molar-refractivity contribution in [1.82, 2.24) is 10.6 Å². The highest BCUT2D eigenvalue weighted by atomic mass is 19.4. The number of benzene rings is 1.